The van der Waals surface area contributed by atoms with Gasteiger partial charge in [0.1, 0.15) is 16.9 Å². The van der Waals surface area contributed by atoms with Crippen LogP contribution in [-0.2, 0) is 17.6 Å². The zero-order valence-corrected chi connectivity index (χ0v) is 19.9. The van der Waals surface area contributed by atoms with Gasteiger partial charge in [0.2, 0.25) is 5.91 Å². The van der Waals surface area contributed by atoms with Gasteiger partial charge in [-0.15, -0.1) is 21.5 Å². The van der Waals surface area contributed by atoms with E-state index in [1.807, 2.05) is 11.5 Å². The minimum Gasteiger partial charge on any atom is -0.316 e. The number of nitrogens with zero attached hydrogens (tertiary/aromatic N) is 4. The number of carbonyl (C=O) groups is 1. The van der Waals surface area contributed by atoms with Crippen LogP contribution in [0.5, 0.6) is 0 Å². The normalized spacial score (nSPS) is 16.5. The molecule has 1 saturated carbocycles. The van der Waals surface area contributed by atoms with E-state index in [0.717, 1.165) is 44.1 Å². The highest BCUT2D eigenvalue weighted by atomic mass is 32.2. The van der Waals surface area contributed by atoms with Gasteiger partial charge in [-0.25, -0.2) is 4.39 Å². The summed E-state index contributed by atoms with van der Waals surface area (Å²) in [5.41, 5.74) is 2.14. The Morgan fingerprint density at radius 1 is 1.27 bits per heavy atom. The van der Waals surface area contributed by atoms with Crippen LogP contribution in [0.1, 0.15) is 61.1 Å². The molecule has 1 atom stereocenters. The first-order chi connectivity index (χ1) is 16.1. The Bertz CT molecular complexity index is 1240. The molecule has 2 aliphatic carbocycles. The SMILES string of the molecule is C[C@H](Sc1nnc(-c2ccccc2F)n1C1CC1)C(=O)Nc1sc2c(c1C#N)CCCCC2. The number of hydrogen-bond acceptors (Lipinski definition) is 6. The molecule has 33 heavy (non-hydrogen) atoms. The third kappa shape index (κ3) is 4.42. The molecule has 0 radical (unpaired) electrons. The molecule has 2 heterocycles. The molecule has 2 aromatic heterocycles. The number of carbonyl (C=O) groups excluding carboxylic acids is 1. The number of amides is 1. The van der Waals surface area contributed by atoms with E-state index in [4.69, 9.17) is 0 Å². The van der Waals surface area contributed by atoms with Gasteiger partial charge >= 0.3 is 0 Å². The minimum atomic E-state index is -0.450. The monoisotopic (exact) mass is 481 g/mol. The van der Waals surface area contributed by atoms with E-state index in [0.29, 0.717) is 27.1 Å². The second kappa shape index (κ2) is 9.27. The van der Waals surface area contributed by atoms with Gasteiger partial charge in [-0.3, -0.25) is 9.36 Å². The van der Waals surface area contributed by atoms with E-state index in [9.17, 15) is 14.4 Å². The number of nitrogens with one attached hydrogen (secondary N) is 1. The van der Waals surface area contributed by atoms with E-state index in [1.165, 1.54) is 40.5 Å². The number of rotatable bonds is 6. The van der Waals surface area contributed by atoms with E-state index in [2.05, 4.69) is 21.6 Å². The van der Waals surface area contributed by atoms with Crippen LogP contribution in [0.3, 0.4) is 0 Å². The first-order valence-corrected chi connectivity index (χ1v) is 13.0. The third-order valence-electron chi connectivity index (χ3n) is 6.11. The summed E-state index contributed by atoms with van der Waals surface area (Å²) in [5.74, 6) is -0.0131. The number of fused-ring (bicyclic) bond motifs is 1. The van der Waals surface area contributed by atoms with Crippen LogP contribution in [0.4, 0.5) is 9.39 Å². The Morgan fingerprint density at radius 2 is 2.06 bits per heavy atom. The predicted octanol–water partition coefficient (Wildman–Crippen LogP) is 5.74. The summed E-state index contributed by atoms with van der Waals surface area (Å²) in [4.78, 5) is 14.3. The van der Waals surface area contributed by atoms with Crippen molar-refractivity contribution in [2.45, 2.75) is 68.3 Å². The molecule has 3 aromatic rings. The van der Waals surface area contributed by atoms with Crippen molar-refractivity contribution in [2.24, 2.45) is 0 Å². The Kier molecular flexibility index (Phi) is 6.21. The molecule has 170 valence electrons. The van der Waals surface area contributed by atoms with Crippen LogP contribution in [-0.4, -0.2) is 25.9 Å². The van der Waals surface area contributed by atoms with Gasteiger partial charge in [0.05, 0.1) is 16.4 Å². The number of thioether (sulfide) groups is 1. The first kappa shape index (κ1) is 22.1. The zero-order chi connectivity index (χ0) is 22.9. The van der Waals surface area contributed by atoms with Gasteiger partial charge in [0, 0.05) is 10.9 Å². The summed E-state index contributed by atoms with van der Waals surface area (Å²) in [7, 11) is 0. The molecule has 1 N–H and O–H groups in total. The Morgan fingerprint density at radius 3 is 2.82 bits per heavy atom. The van der Waals surface area contributed by atoms with Gasteiger partial charge < -0.3 is 5.32 Å². The van der Waals surface area contributed by atoms with Crippen molar-refractivity contribution >= 4 is 34.0 Å². The van der Waals surface area contributed by atoms with Crippen LogP contribution >= 0.6 is 23.1 Å². The summed E-state index contributed by atoms with van der Waals surface area (Å²) in [6.45, 7) is 1.82. The summed E-state index contributed by atoms with van der Waals surface area (Å²) in [6, 6.07) is 9.09. The van der Waals surface area contributed by atoms with Crippen LogP contribution in [0.15, 0.2) is 29.4 Å². The molecular weight excluding hydrogens is 457 g/mol. The lowest BCUT2D eigenvalue weighted by atomic mass is 10.1. The van der Waals surface area contributed by atoms with E-state index >= 15 is 0 Å². The fourth-order valence-electron chi connectivity index (χ4n) is 4.22. The van der Waals surface area contributed by atoms with Crippen molar-refractivity contribution in [3.8, 4) is 17.5 Å². The molecule has 5 rings (SSSR count). The van der Waals surface area contributed by atoms with Crippen molar-refractivity contribution in [3.05, 3.63) is 46.1 Å². The molecule has 1 fully saturated rings. The lowest BCUT2D eigenvalue weighted by Crippen LogP contribution is -2.23. The molecule has 0 unspecified atom stereocenters. The zero-order valence-electron chi connectivity index (χ0n) is 18.3. The van der Waals surface area contributed by atoms with Gasteiger partial charge in [-0.05, 0) is 63.1 Å². The van der Waals surface area contributed by atoms with Crippen molar-refractivity contribution in [2.75, 3.05) is 5.32 Å². The maximum Gasteiger partial charge on any atom is 0.238 e. The molecule has 1 aromatic carbocycles. The van der Waals surface area contributed by atoms with Crippen LogP contribution in [0.2, 0.25) is 0 Å². The van der Waals surface area contributed by atoms with Gasteiger partial charge in [0.15, 0.2) is 11.0 Å². The van der Waals surface area contributed by atoms with Gasteiger partial charge in [0.25, 0.3) is 0 Å². The maximum absolute atomic E-state index is 14.4. The number of aromatic nitrogens is 3. The summed E-state index contributed by atoms with van der Waals surface area (Å²) >= 11 is 2.85. The fraction of sp³-hybridized carbons (Fsp3) is 0.417. The second-order valence-electron chi connectivity index (χ2n) is 8.52. The minimum absolute atomic E-state index is 0.175. The Labute approximate surface area is 200 Å². The highest BCUT2D eigenvalue weighted by Gasteiger charge is 2.32. The number of halogens is 1. The van der Waals surface area contributed by atoms with Crippen molar-refractivity contribution in [1.29, 1.82) is 5.26 Å². The number of nitriles is 1. The molecular formula is C24H24FN5OS2. The van der Waals surface area contributed by atoms with Crippen molar-refractivity contribution in [3.63, 3.8) is 0 Å². The predicted molar refractivity (Wildman–Crippen MR) is 128 cm³/mol. The van der Waals surface area contributed by atoms with Gasteiger partial charge in [-0.2, -0.15) is 5.26 Å². The Hall–Kier alpha value is -2.70. The molecule has 6 nitrogen and oxygen atoms in total. The fourth-order valence-corrected chi connectivity index (χ4v) is 6.38. The molecule has 0 aliphatic heterocycles. The number of anilines is 1. The molecule has 0 bridgehead atoms. The molecule has 1 amide bonds. The smallest absolute Gasteiger partial charge is 0.238 e. The van der Waals surface area contributed by atoms with Crippen LogP contribution < -0.4 is 5.32 Å². The van der Waals surface area contributed by atoms with Crippen molar-refractivity contribution in [1.82, 2.24) is 14.8 Å². The number of thiophene rings is 1. The molecule has 9 heteroatoms. The molecule has 2 aliphatic rings. The summed E-state index contributed by atoms with van der Waals surface area (Å²) in [6.07, 6.45) is 7.23. The van der Waals surface area contributed by atoms with Crippen LogP contribution in [0.25, 0.3) is 11.4 Å². The average Bonchev–Trinajstić information content (AvgIpc) is 3.54. The Balaban J connectivity index is 1.36. The lowest BCUT2D eigenvalue weighted by molar-refractivity contribution is -0.115. The first-order valence-electron chi connectivity index (χ1n) is 11.3. The van der Waals surface area contributed by atoms with Crippen LogP contribution in [0, 0.1) is 17.1 Å². The lowest BCUT2D eigenvalue weighted by Gasteiger charge is -2.13. The second-order valence-corrected chi connectivity index (χ2v) is 10.9. The standard InChI is InChI=1S/C24H24FN5OS2/c1-14(22(31)27-23-18(13-26)16-7-3-2-4-10-20(16)33-23)32-24-29-28-21(30(24)15-11-12-15)17-8-5-6-9-19(17)25/h5-6,8-9,14-15H,2-4,7,10-12H2,1H3,(H,27,31)/t14-/m0/s1. The number of aryl methyl sites for hydroxylation is 1. The highest BCUT2D eigenvalue weighted by Crippen LogP contribution is 2.42. The summed E-state index contributed by atoms with van der Waals surface area (Å²) < 4.78 is 16.4. The van der Waals surface area contributed by atoms with Crippen molar-refractivity contribution < 1.29 is 9.18 Å². The third-order valence-corrected chi connectivity index (χ3v) is 8.38. The number of benzene rings is 1. The highest BCUT2D eigenvalue weighted by molar-refractivity contribution is 8.00. The topological polar surface area (TPSA) is 83.6 Å². The van der Waals surface area contributed by atoms with E-state index in [1.54, 1.807) is 18.2 Å². The van der Waals surface area contributed by atoms with E-state index < -0.39 is 5.25 Å². The quantitative estimate of drug-likeness (QED) is 0.358. The molecule has 0 saturated heterocycles. The number of hydrogen-bond donors (Lipinski definition) is 1. The average molecular weight is 482 g/mol. The largest absolute Gasteiger partial charge is 0.316 e. The van der Waals surface area contributed by atoms with E-state index in [-0.39, 0.29) is 17.8 Å². The summed E-state index contributed by atoms with van der Waals surface area (Å²) in [5, 5.41) is 22.1. The maximum atomic E-state index is 14.4. The van der Waals surface area contributed by atoms with Gasteiger partial charge in [-0.1, -0.05) is 30.3 Å². The molecule has 0 spiro atoms.